The lowest BCUT2D eigenvalue weighted by Gasteiger charge is -2.13. The first kappa shape index (κ1) is 13.7. The fourth-order valence-electron chi connectivity index (χ4n) is 2.84. The Morgan fingerprint density at radius 1 is 0.905 bits per heavy atom. The molecule has 0 saturated heterocycles. The maximum atomic E-state index is 5.72. The first-order valence-electron chi connectivity index (χ1n) is 7.10. The molecule has 3 aromatic rings. The molecule has 3 rings (SSSR count). The lowest BCUT2D eigenvalue weighted by molar-refractivity contribution is 0.420. The van der Waals surface area contributed by atoms with Crippen LogP contribution in [-0.4, -0.2) is 7.11 Å². The first-order valence-corrected chi connectivity index (χ1v) is 7.10. The normalized spacial score (nSPS) is 10.8. The number of fused-ring (bicyclic) bond motifs is 1. The molecule has 0 bridgehead atoms. The number of hydrogen-bond donors (Lipinski definition) is 1. The van der Waals surface area contributed by atoms with Crippen LogP contribution in [0.1, 0.15) is 11.1 Å². The summed E-state index contributed by atoms with van der Waals surface area (Å²) in [6.07, 6.45) is 0. The molecule has 0 aliphatic heterocycles. The molecule has 2 nitrogen and oxygen atoms in total. The van der Waals surface area contributed by atoms with Crippen molar-refractivity contribution >= 4 is 10.8 Å². The van der Waals surface area contributed by atoms with Crippen molar-refractivity contribution in [2.75, 3.05) is 7.11 Å². The van der Waals surface area contributed by atoms with Crippen molar-refractivity contribution in [3.63, 3.8) is 0 Å². The molecule has 3 aromatic carbocycles. The van der Waals surface area contributed by atoms with Crippen molar-refractivity contribution < 1.29 is 4.74 Å². The maximum Gasteiger partial charge on any atom is 0.126 e. The summed E-state index contributed by atoms with van der Waals surface area (Å²) in [4.78, 5) is 0. The molecule has 0 amide bonds. The lowest BCUT2D eigenvalue weighted by Crippen LogP contribution is -1.97. The van der Waals surface area contributed by atoms with Gasteiger partial charge in [0.2, 0.25) is 0 Å². The van der Waals surface area contributed by atoms with E-state index in [4.69, 9.17) is 10.5 Å². The molecular weight excluding hydrogens is 258 g/mol. The van der Waals surface area contributed by atoms with Crippen LogP contribution in [0.4, 0.5) is 0 Å². The number of benzene rings is 3. The van der Waals surface area contributed by atoms with E-state index in [-0.39, 0.29) is 0 Å². The zero-order chi connectivity index (χ0) is 14.8. The maximum absolute atomic E-state index is 5.72. The number of rotatable bonds is 3. The molecular formula is C19H19NO. The van der Waals surface area contributed by atoms with Crippen molar-refractivity contribution in [3.05, 3.63) is 65.7 Å². The number of methoxy groups -OCH3 is 1. The molecule has 0 aliphatic carbocycles. The van der Waals surface area contributed by atoms with E-state index in [1.165, 1.54) is 22.1 Å². The summed E-state index contributed by atoms with van der Waals surface area (Å²) in [5.74, 6) is 0.908. The second-order valence-electron chi connectivity index (χ2n) is 5.21. The Kier molecular flexibility index (Phi) is 3.63. The molecule has 2 heteroatoms. The number of hydrogen-bond acceptors (Lipinski definition) is 2. The Balaban J connectivity index is 2.26. The molecule has 0 saturated carbocycles. The van der Waals surface area contributed by atoms with Gasteiger partial charge in [0.1, 0.15) is 5.75 Å². The molecule has 2 N–H and O–H groups in total. The second-order valence-corrected chi connectivity index (χ2v) is 5.21. The summed E-state index contributed by atoms with van der Waals surface area (Å²) >= 11 is 0. The van der Waals surface area contributed by atoms with Crippen LogP contribution in [-0.2, 0) is 6.54 Å². The van der Waals surface area contributed by atoms with Gasteiger partial charge in [0.15, 0.2) is 0 Å². The fourth-order valence-corrected chi connectivity index (χ4v) is 2.84. The standard InChI is InChI=1S/C19H19NO/c1-13-11-14(12-20)7-8-15(13)17-9-10-19(21-2)18-6-4-3-5-16(17)18/h3-11H,12,20H2,1-2H3. The average molecular weight is 277 g/mol. The van der Waals surface area contributed by atoms with Crippen molar-refractivity contribution in [1.29, 1.82) is 0 Å². The highest BCUT2D eigenvalue weighted by Crippen LogP contribution is 2.35. The van der Waals surface area contributed by atoms with E-state index in [1.807, 2.05) is 12.1 Å². The van der Waals surface area contributed by atoms with E-state index < -0.39 is 0 Å². The van der Waals surface area contributed by atoms with Gasteiger partial charge in [0, 0.05) is 11.9 Å². The van der Waals surface area contributed by atoms with Crippen molar-refractivity contribution in [1.82, 2.24) is 0 Å². The number of ether oxygens (including phenoxy) is 1. The highest BCUT2D eigenvalue weighted by atomic mass is 16.5. The van der Waals surface area contributed by atoms with Gasteiger partial charge in [-0.15, -0.1) is 0 Å². The van der Waals surface area contributed by atoms with Crippen LogP contribution >= 0.6 is 0 Å². The van der Waals surface area contributed by atoms with Gasteiger partial charge in [-0.1, -0.05) is 48.5 Å². The van der Waals surface area contributed by atoms with Gasteiger partial charge in [-0.05, 0) is 40.6 Å². The Morgan fingerprint density at radius 3 is 2.29 bits per heavy atom. The molecule has 0 atom stereocenters. The molecule has 0 spiro atoms. The van der Waals surface area contributed by atoms with Crippen LogP contribution in [0.15, 0.2) is 54.6 Å². The number of aryl methyl sites for hydroxylation is 1. The van der Waals surface area contributed by atoms with Gasteiger partial charge in [-0.25, -0.2) is 0 Å². The van der Waals surface area contributed by atoms with Gasteiger partial charge < -0.3 is 10.5 Å². The van der Waals surface area contributed by atoms with Crippen LogP contribution in [0, 0.1) is 6.92 Å². The summed E-state index contributed by atoms with van der Waals surface area (Å²) in [5.41, 5.74) is 10.6. The third kappa shape index (κ3) is 2.39. The van der Waals surface area contributed by atoms with Crippen LogP contribution < -0.4 is 10.5 Å². The number of nitrogens with two attached hydrogens (primary N) is 1. The van der Waals surface area contributed by atoms with E-state index in [1.54, 1.807) is 7.11 Å². The van der Waals surface area contributed by atoms with Crippen molar-refractivity contribution in [2.45, 2.75) is 13.5 Å². The highest BCUT2D eigenvalue weighted by Gasteiger charge is 2.09. The summed E-state index contributed by atoms with van der Waals surface area (Å²) in [6.45, 7) is 2.71. The Hall–Kier alpha value is -2.32. The van der Waals surface area contributed by atoms with Crippen LogP contribution in [0.5, 0.6) is 5.75 Å². The molecule has 21 heavy (non-hydrogen) atoms. The molecule has 0 unspecified atom stereocenters. The van der Waals surface area contributed by atoms with Crippen molar-refractivity contribution in [3.8, 4) is 16.9 Å². The Labute approximate surface area is 125 Å². The molecule has 0 fully saturated rings. The zero-order valence-electron chi connectivity index (χ0n) is 12.4. The molecule has 0 radical (unpaired) electrons. The van der Waals surface area contributed by atoms with Gasteiger partial charge in [0.25, 0.3) is 0 Å². The van der Waals surface area contributed by atoms with Gasteiger partial charge in [0.05, 0.1) is 7.11 Å². The average Bonchev–Trinajstić information content (AvgIpc) is 2.54. The van der Waals surface area contributed by atoms with Gasteiger partial charge >= 0.3 is 0 Å². The minimum absolute atomic E-state index is 0.574. The molecule has 0 aliphatic rings. The van der Waals surface area contributed by atoms with Gasteiger partial charge in [-0.3, -0.25) is 0 Å². The molecule has 0 aromatic heterocycles. The fraction of sp³-hybridized carbons (Fsp3) is 0.158. The lowest BCUT2D eigenvalue weighted by atomic mass is 9.93. The molecule has 106 valence electrons. The summed E-state index contributed by atoms with van der Waals surface area (Å²) in [6, 6.07) is 18.9. The van der Waals surface area contributed by atoms with Crippen molar-refractivity contribution in [2.24, 2.45) is 5.73 Å². The predicted octanol–water partition coefficient (Wildman–Crippen LogP) is 4.28. The largest absolute Gasteiger partial charge is 0.496 e. The topological polar surface area (TPSA) is 35.2 Å². The monoisotopic (exact) mass is 277 g/mol. The summed E-state index contributed by atoms with van der Waals surface area (Å²) in [5, 5.41) is 2.35. The van der Waals surface area contributed by atoms with E-state index >= 15 is 0 Å². The second kappa shape index (κ2) is 5.58. The SMILES string of the molecule is COc1ccc(-c2ccc(CN)cc2C)c2ccccc12. The Morgan fingerprint density at radius 2 is 1.62 bits per heavy atom. The van der Waals surface area contributed by atoms with E-state index in [0.29, 0.717) is 6.54 Å². The smallest absolute Gasteiger partial charge is 0.126 e. The predicted molar refractivity (Wildman–Crippen MR) is 88.6 cm³/mol. The van der Waals surface area contributed by atoms with Crippen LogP contribution in [0.3, 0.4) is 0 Å². The third-order valence-corrected chi connectivity index (χ3v) is 3.92. The zero-order valence-corrected chi connectivity index (χ0v) is 12.4. The summed E-state index contributed by atoms with van der Waals surface area (Å²) in [7, 11) is 1.71. The van der Waals surface area contributed by atoms with Gasteiger partial charge in [-0.2, -0.15) is 0 Å². The van der Waals surface area contributed by atoms with Crippen LogP contribution in [0.25, 0.3) is 21.9 Å². The van der Waals surface area contributed by atoms with Crippen LogP contribution in [0.2, 0.25) is 0 Å². The van der Waals surface area contributed by atoms with E-state index in [9.17, 15) is 0 Å². The quantitative estimate of drug-likeness (QED) is 0.775. The van der Waals surface area contributed by atoms with E-state index in [2.05, 4.69) is 49.4 Å². The first-order chi connectivity index (χ1) is 10.2. The summed E-state index contributed by atoms with van der Waals surface area (Å²) < 4.78 is 5.47. The highest BCUT2D eigenvalue weighted by molar-refractivity contribution is 6.00. The molecule has 0 heterocycles. The van der Waals surface area contributed by atoms with E-state index in [0.717, 1.165) is 16.7 Å². The minimum Gasteiger partial charge on any atom is -0.496 e. The third-order valence-electron chi connectivity index (χ3n) is 3.92. The Bertz CT molecular complexity index is 793. The minimum atomic E-state index is 0.574.